The standard InChI is InChI=1S/C18H15F3N4O2/c1-10-14(9-27-25-10)17(26)24-15-7-6-13(16(22)23-15)12-5-3-2-4-11(12)8-18(19,20)21/h2-7,9H,8H2,1H3,(H3,22,23,24,26). The van der Waals surface area contributed by atoms with Crippen LogP contribution in [-0.2, 0) is 6.42 Å². The van der Waals surface area contributed by atoms with Crippen molar-refractivity contribution in [2.45, 2.75) is 19.5 Å². The number of benzene rings is 1. The molecule has 3 aromatic rings. The Morgan fingerprint density at radius 3 is 2.56 bits per heavy atom. The fourth-order valence-corrected chi connectivity index (χ4v) is 2.62. The van der Waals surface area contributed by atoms with Crippen LogP contribution in [0.3, 0.4) is 0 Å². The monoisotopic (exact) mass is 376 g/mol. The van der Waals surface area contributed by atoms with Crippen LogP contribution in [0.4, 0.5) is 24.8 Å². The van der Waals surface area contributed by atoms with Gasteiger partial charge in [-0.05, 0) is 30.2 Å². The van der Waals surface area contributed by atoms with Crippen LogP contribution in [0.2, 0.25) is 0 Å². The number of halogens is 3. The molecule has 2 aromatic heterocycles. The van der Waals surface area contributed by atoms with Crippen LogP contribution >= 0.6 is 0 Å². The summed E-state index contributed by atoms with van der Waals surface area (Å²) in [5.41, 5.74) is 7.39. The van der Waals surface area contributed by atoms with Gasteiger partial charge in [0.25, 0.3) is 5.91 Å². The lowest BCUT2D eigenvalue weighted by Gasteiger charge is -2.14. The summed E-state index contributed by atoms with van der Waals surface area (Å²) < 4.78 is 43.1. The van der Waals surface area contributed by atoms with Crippen molar-refractivity contribution in [1.29, 1.82) is 0 Å². The lowest BCUT2D eigenvalue weighted by molar-refractivity contribution is -0.127. The molecule has 0 spiro atoms. The fraction of sp³-hybridized carbons (Fsp3) is 0.167. The summed E-state index contributed by atoms with van der Waals surface area (Å²) in [7, 11) is 0. The molecule has 140 valence electrons. The molecule has 27 heavy (non-hydrogen) atoms. The van der Waals surface area contributed by atoms with Crippen molar-refractivity contribution in [3.05, 3.63) is 59.5 Å². The summed E-state index contributed by atoms with van der Waals surface area (Å²) in [6.45, 7) is 1.61. The summed E-state index contributed by atoms with van der Waals surface area (Å²) in [4.78, 5) is 16.2. The Balaban J connectivity index is 1.88. The van der Waals surface area contributed by atoms with Crippen LogP contribution in [0.1, 0.15) is 21.6 Å². The zero-order valence-corrected chi connectivity index (χ0v) is 14.2. The van der Waals surface area contributed by atoms with Gasteiger partial charge < -0.3 is 15.6 Å². The third kappa shape index (κ3) is 4.25. The van der Waals surface area contributed by atoms with Crippen LogP contribution in [0.15, 0.2) is 47.2 Å². The molecular weight excluding hydrogens is 361 g/mol. The van der Waals surface area contributed by atoms with Crippen molar-refractivity contribution >= 4 is 17.5 Å². The molecular formula is C18H15F3N4O2. The molecule has 0 saturated heterocycles. The zero-order valence-electron chi connectivity index (χ0n) is 14.2. The second-order valence-corrected chi connectivity index (χ2v) is 5.85. The molecule has 0 atom stereocenters. The van der Waals surface area contributed by atoms with Crippen LogP contribution in [0.5, 0.6) is 0 Å². The lowest BCUT2D eigenvalue weighted by atomic mass is 9.98. The van der Waals surface area contributed by atoms with Crippen molar-refractivity contribution in [2.75, 3.05) is 11.1 Å². The Morgan fingerprint density at radius 2 is 1.93 bits per heavy atom. The minimum absolute atomic E-state index is 0.00413. The van der Waals surface area contributed by atoms with E-state index in [0.717, 1.165) is 0 Å². The number of nitrogens with one attached hydrogen (secondary N) is 1. The molecule has 0 aliphatic carbocycles. The highest BCUT2D eigenvalue weighted by Crippen LogP contribution is 2.32. The predicted octanol–water partition coefficient (Wildman–Crippen LogP) is 3.98. The molecule has 0 radical (unpaired) electrons. The van der Waals surface area contributed by atoms with Crippen molar-refractivity contribution < 1.29 is 22.5 Å². The Bertz CT molecular complexity index is 983. The van der Waals surface area contributed by atoms with E-state index < -0.39 is 18.5 Å². The van der Waals surface area contributed by atoms with E-state index >= 15 is 0 Å². The van der Waals surface area contributed by atoms with Gasteiger partial charge in [-0.15, -0.1) is 0 Å². The van der Waals surface area contributed by atoms with E-state index in [-0.39, 0.29) is 22.8 Å². The molecule has 0 bridgehead atoms. The van der Waals surface area contributed by atoms with Crippen molar-refractivity contribution in [1.82, 2.24) is 10.1 Å². The Kier molecular flexibility index (Phi) is 4.85. The SMILES string of the molecule is Cc1nocc1C(=O)Nc1ccc(-c2ccccc2CC(F)(F)F)c(N)n1. The number of hydrogen-bond acceptors (Lipinski definition) is 5. The minimum atomic E-state index is -4.34. The Hall–Kier alpha value is -3.36. The summed E-state index contributed by atoms with van der Waals surface area (Å²) >= 11 is 0. The number of carbonyl (C=O) groups is 1. The maximum atomic E-state index is 12.8. The largest absolute Gasteiger partial charge is 0.393 e. The van der Waals surface area contributed by atoms with E-state index in [1.807, 2.05) is 0 Å². The maximum Gasteiger partial charge on any atom is 0.393 e. The molecule has 0 unspecified atom stereocenters. The quantitative estimate of drug-likeness (QED) is 0.718. The molecule has 0 aliphatic rings. The normalized spacial score (nSPS) is 11.4. The number of alkyl halides is 3. The second-order valence-electron chi connectivity index (χ2n) is 5.85. The number of anilines is 2. The van der Waals surface area contributed by atoms with E-state index in [0.29, 0.717) is 16.8 Å². The molecule has 1 aromatic carbocycles. The fourth-order valence-electron chi connectivity index (χ4n) is 2.62. The number of amides is 1. The third-order valence-corrected chi connectivity index (χ3v) is 3.86. The smallest absolute Gasteiger partial charge is 0.383 e. The van der Waals surface area contributed by atoms with Gasteiger partial charge in [0.15, 0.2) is 0 Å². The van der Waals surface area contributed by atoms with Gasteiger partial charge in [0.1, 0.15) is 23.5 Å². The first-order valence-corrected chi connectivity index (χ1v) is 7.88. The first-order valence-electron chi connectivity index (χ1n) is 7.88. The average molecular weight is 376 g/mol. The van der Waals surface area contributed by atoms with Gasteiger partial charge in [-0.2, -0.15) is 13.2 Å². The van der Waals surface area contributed by atoms with Gasteiger partial charge in [0.2, 0.25) is 0 Å². The van der Waals surface area contributed by atoms with E-state index in [2.05, 4.69) is 15.5 Å². The first-order chi connectivity index (χ1) is 12.7. The molecule has 0 aliphatic heterocycles. The van der Waals surface area contributed by atoms with Crippen LogP contribution in [0, 0.1) is 6.92 Å². The summed E-state index contributed by atoms with van der Waals surface area (Å²) in [6, 6.07) is 9.09. The highest BCUT2D eigenvalue weighted by molar-refractivity contribution is 6.04. The second kappa shape index (κ2) is 7.10. The molecule has 0 saturated carbocycles. The van der Waals surface area contributed by atoms with Gasteiger partial charge >= 0.3 is 6.18 Å². The molecule has 2 heterocycles. The Morgan fingerprint density at radius 1 is 1.19 bits per heavy atom. The van der Waals surface area contributed by atoms with Gasteiger partial charge in [-0.25, -0.2) is 4.98 Å². The number of hydrogen-bond donors (Lipinski definition) is 2. The summed E-state index contributed by atoms with van der Waals surface area (Å²) in [5.74, 6) is -0.314. The van der Waals surface area contributed by atoms with Gasteiger partial charge in [-0.3, -0.25) is 4.79 Å². The zero-order chi connectivity index (χ0) is 19.6. The Labute approximate surface area is 152 Å². The van der Waals surface area contributed by atoms with Gasteiger partial charge in [0, 0.05) is 5.56 Å². The number of aryl methyl sites for hydroxylation is 1. The predicted molar refractivity (Wildman–Crippen MR) is 93.0 cm³/mol. The number of nitrogens with two attached hydrogens (primary N) is 1. The molecule has 0 fully saturated rings. The maximum absolute atomic E-state index is 12.8. The van der Waals surface area contributed by atoms with E-state index in [1.54, 1.807) is 19.1 Å². The van der Waals surface area contributed by atoms with Gasteiger partial charge in [0.05, 0.1) is 12.1 Å². The van der Waals surface area contributed by atoms with Crippen LogP contribution < -0.4 is 11.1 Å². The number of nitrogen functional groups attached to an aromatic ring is 1. The number of nitrogens with zero attached hydrogens (tertiary/aromatic N) is 2. The van der Waals surface area contributed by atoms with E-state index in [9.17, 15) is 18.0 Å². The number of carbonyl (C=O) groups excluding carboxylic acids is 1. The number of pyridine rings is 1. The van der Waals surface area contributed by atoms with E-state index in [4.69, 9.17) is 10.3 Å². The van der Waals surface area contributed by atoms with Gasteiger partial charge in [-0.1, -0.05) is 29.4 Å². The average Bonchev–Trinajstić information content (AvgIpc) is 3.01. The molecule has 9 heteroatoms. The minimum Gasteiger partial charge on any atom is -0.383 e. The number of rotatable bonds is 4. The van der Waals surface area contributed by atoms with Crippen molar-refractivity contribution in [2.24, 2.45) is 0 Å². The highest BCUT2D eigenvalue weighted by Gasteiger charge is 2.29. The molecule has 6 nitrogen and oxygen atoms in total. The molecule has 3 N–H and O–H groups in total. The summed E-state index contributed by atoms with van der Waals surface area (Å²) in [6.07, 6.45) is -4.22. The lowest BCUT2D eigenvalue weighted by Crippen LogP contribution is -2.14. The first kappa shape index (κ1) is 18.4. The number of aromatic nitrogens is 2. The third-order valence-electron chi connectivity index (χ3n) is 3.86. The van der Waals surface area contributed by atoms with E-state index in [1.165, 1.54) is 30.5 Å². The molecule has 1 amide bonds. The molecule has 3 rings (SSSR count). The van der Waals surface area contributed by atoms with Crippen LogP contribution in [0.25, 0.3) is 11.1 Å². The highest BCUT2D eigenvalue weighted by atomic mass is 19.4. The summed E-state index contributed by atoms with van der Waals surface area (Å²) in [5, 5.41) is 6.16. The van der Waals surface area contributed by atoms with Crippen molar-refractivity contribution in [3.8, 4) is 11.1 Å². The van der Waals surface area contributed by atoms with Crippen LogP contribution in [-0.4, -0.2) is 22.2 Å². The topological polar surface area (TPSA) is 94.0 Å². The van der Waals surface area contributed by atoms with Crippen molar-refractivity contribution in [3.63, 3.8) is 0 Å².